The van der Waals surface area contributed by atoms with Crippen LogP contribution in [0.1, 0.15) is 5.56 Å². The number of amides is 1. The number of carbonyl (C=O) groups excluding carboxylic acids is 1. The van der Waals surface area contributed by atoms with E-state index in [0.717, 1.165) is 28.4 Å². The third-order valence-corrected chi connectivity index (χ3v) is 6.94. The fraction of sp³-hybridized carbons (Fsp3) is 0.222. The Morgan fingerprint density at radius 1 is 0.946 bits per heavy atom. The van der Waals surface area contributed by atoms with Gasteiger partial charge in [0.15, 0.2) is 0 Å². The highest BCUT2D eigenvalue weighted by molar-refractivity contribution is 6.41. The van der Waals surface area contributed by atoms with E-state index in [1.165, 1.54) is 0 Å². The van der Waals surface area contributed by atoms with Gasteiger partial charge in [-0.25, -0.2) is 9.97 Å². The molecule has 0 bridgehead atoms. The largest absolute Gasteiger partial charge is 0.495 e. The Hall–Kier alpha value is -3.59. The van der Waals surface area contributed by atoms with Crippen LogP contribution in [0, 0.1) is 0 Å². The van der Waals surface area contributed by atoms with Crippen LogP contribution in [0.2, 0.25) is 10.0 Å². The molecule has 10 heteroatoms. The van der Waals surface area contributed by atoms with Crippen LogP contribution in [-0.4, -0.2) is 54.6 Å². The van der Waals surface area contributed by atoms with E-state index in [2.05, 4.69) is 25.5 Å². The Bertz CT molecular complexity index is 1430. The molecule has 190 valence electrons. The van der Waals surface area contributed by atoms with Crippen molar-refractivity contribution in [3.05, 3.63) is 70.5 Å². The zero-order valence-electron chi connectivity index (χ0n) is 20.3. The zero-order chi connectivity index (χ0) is 25.9. The van der Waals surface area contributed by atoms with Gasteiger partial charge in [0, 0.05) is 49.0 Å². The second-order valence-corrected chi connectivity index (χ2v) is 9.41. The van der Waals surface area contributed by atoms with Gasteiger partial charge in [-0.2, -0.15) is 0 Å². The molecule has 0 atom stereocenters. The fourth-order valence-electron chi connectivity index (χ4n) is 4.31. The van der Waals surface area contributed by atoms with Crippen molar-refractivity contribution in [2.24, 2.45) is 0 Å². The first-order chi connectivity index (χ1) is 17.9. The number of nitrogens with zero attached hydrogens (tertiary/aromatic N) is 3. The van der Waals surface area contributed by atoms with Crippen LogP contribution in [-0.2, 0) is 11.3 Å². The number of anilines is 2. The van der Waals surface area contributed by atoms with Gasteiger partial charge >= 0.3 is 0 Å². The van der Waals surface area contributed by atoms with Gasteiger partial charge in [0.25, 0.3) is 0 Å². The van der Waals surface area contributed by atoms with Crippen LogP contribution < -0.4 is 20.1 Å². The highest BCUT2D eigenvalue weighted by Crippen LogP contribution is 2.46. The molecule has 8 nitrogen and oxygen atoms in total. The molecule has 0 saturated carbocycles. The molecule has 1 aliphatic heterocycles. The minimum atomic E-state index is 0.0569. The lowest BCUT2D eigenvalue weighted by Gasteiger charge is -2.26. The van der Waals surface area contributed by atoms with Crippen molar-refractivity contribution in [3.63, 3.8) is 0 Å². The van der Waals surface area contributed by atoms with Gasteiger partial charge in [-0.3, -0.25) is 9.69 Å². The second-order valence-electron chi connectivity index (χ2n) is 8.65. The summed E-state index contributed by atoms with van der Waals surface area (Å²) >= 11 is 13.2. The predicted octanol–water partition coefficient (Wildman–Crippen LogP) is 5.30. The number of aromatic nitrogens is 2. The summed E-state index contributed by atoms with van der Waals surface area (Å²) in [6.45, 7) is 2.60. The van der Waals surface area contributed by atoms with Gasteiger partial charge in [-0.15, -0.1) is 0 Å². The molecule has 2 N–H and O–H groups in total. The molecule has 0 aliphatic carbocycles. The summed E-state index contributed by atoms with van der Waals surface area (Å²) in [5.41, 5.74) is 2.51. The van der Waals surface area contributed by atoms with E-state index < -0.39 is 0 Å². The number of pyridine rings is 2. The molecule has 1 saturated heterocycles. The smallest absolute Gasteiger partial charge is 0.234 e. The molecular formula is C27H25Cl2N5O3. The van der Waals surface area contributed by atoms with Crippen LogP contribution in [0.25, 0.3) is 21.9 Å². The standard InChI is InChI=1S/C27H25Cl2N5O3/c1-36-20-11-21(37-2)27(29)25(26(20)28)18-5-4-17-10-23(32-13-19(17)9-18)33-22-6-3-16(12-31-22)14-34-8-7-30-24(35)15-34/h3-6,9-13H,7-8,14-15H2,1-2H3,(H,30,35)(H,31,32,33). The maximum absolute atomic E-state index is 11.6. The number of fused-ring (bicyclic) bond motifs is 1. The van der Waals surface area contributed by atoms with E-state index in [0.29, 0.717) is 58.4 Å². The highest BCUT2D eigenvalue weighted by atomic mass is 35.5. The lowest BCUT2D eigenvalue weighted by Crippen LogP contribution is -2.47. The summed E-state index contributed by atoms with van der Waals surface area (Å²) in [5, 5.41) is 8.83. The van der Waals surface area contributed by atoms with Crippen molar-refractivity contribution in [2.45, 2.75) is 6.54 Å². The summed E-state index contributed by atoms with van der Waals surface area (Å²) in [7, 11) is 3.10. The van der Waals surface area contributed by atoms with Crippen LogP contribution in [0.4, 0.5) is 11.6 Å². The first kappa shape index (κ1) is 25.1. The number of hydrogen-bond acceptors (Lipinski definition) is 7. The summed E-state index contributed by atoms with van der Waals surface area (Å²) in [5.74, 6) is 2.38. The van der Waals surface area contributed by atoms with Crippen LogP contribution in [0.3, 0.4) is 0 Å². The quantitative estimate of drug-likeness (QED) is 0.330. The molecule has 0 unspecified atom stereocenters. The van der Waals surface area contributed by atoms with Crippen LogP contribution >= 0.6 is 23.2 Å². The number of methoxy groups -OCH3 is 2. The molecule has 2 aromatic heterocycles. The van der Waals surface area contributed by atoms with E-state index >= 15 is 0 Å². The molecule has 1 fully saturated rings. The third kappa shape index (κ3) is 5.41. The first-order valence-corrected chi connectivity index (χ1v) is 12.4. The zero-order valence-corrected chi connectivity index (χ0v) is 21.9. The van der Waals surface area contributed by atoms with Gasteiger partial charge < -0.3 is 20.1 Å². The van der Waals surface area contributed by atoms with Gasteiger partial charge in [0.2, 0.25) is 5.91 Å². The lowest BCUT2D eigenvalue weighted by atomic mass is 10.0. The van der Waals surface area contributed by atoms with E-state index in [-0.39, 0.29) is 5.91 Å². The Morgan fingerprint density at radius 3 is 2.38 bits per heavy atom. The maximum Gasteiger partial charge on any atom is 0.234 e. The van der Waals surface area contributed by atoms with Gasteiger partial charge in [-0.1, -0.05) is 41.4 Å². The number of carbonyl (C=O) groups is 1. The molecule has 5 rings (SSSR count). The SMILES string of the molecule is COc1cc(OC)c(Cl)c(-c2ccc3cc(Nc4ccc(CN5CCNC(=O)C5)cn4)ncc3c2)c1Cl. The molecule has 0 radical (unpaired) electrons. The topological polar surface area (TPSA) is 88.6 Å². The number of rotatable bonds is 7. The monoisotopic (exact) mass is 537 g/mol. The number of benzene rings is 2. The third-order valence-electron chi connectivity index (χ3n) is 6.19. The number of halogens is 2. The number of piperazine rings is 1. The average molecular weight is 538 g/mol. The summed E-state index contributed by atoms with van der Waals surface area (Å²) in [6.07, 6.45) is 3.61. The summed E-state index contributed by atoms with van der Waals surface area (Å²) < 4.78 is 10.8. The molecule has 2 aromatic carbocycles. The minimum Gasteiger partial charge on any atom is -0.495 e. The van der Waals surface area contributed by atoms with Crippen LogP contribution in [0.15, 0.2) is 54.9 Å². The minimum absolute atomic E-state index is 0.0569. The summed E-state index contributed by atoms with van der Waals surface area (Å²) in [4.78, 5) is 22.7. The van der Waals surface area contributed by atoms with Crippen molar-refractivity contribution >= 4 is 51.5 Å². The van der Waals surface area contributed by atoms with Crippen molar-refractivity contribution in [3.8, 4) is 22.6 Å². The van der Waals surface area contributed by atoms with Gasteiger partial charge in [0.05, 0.1) is 30.8 Å². The first-order valence-electron chi connectivity index (χ1n) is 11.7. The predicted molar refractivity (Wildman–Crippen MR) is 146 cm³/mol. The van der Waals surface area contributed by atoms with Crippen molar-refractivity contribution in [2.75, 3.05) is 39.2 Å². The fourth-order valence-corrected chi connectivity index (χ4v) is 5.03. The Morgan fingerprint density at radius 2 is 1.70 bits per heavy atom. The van der Waals surface area contributed by atoms with Crippen molar-refractivity contribution < 1.29 is 14.3 Å². The molecule has 3 heterocycles. The lowest BCUT2D eigenvalue weighted by molar-refractivity contribution is -0.124. The molecule has 1 aliphatic rings. The Labute approximate surface area is 224 Å². The Balaban J connectivity index is 1.35. The number of ether oxygens (including phenoxy) is 2. The van der Waals surface area contributed by atoms with Gasteiger partial charge in [0.1, 0.15) is 23.1 Å². The highest BCUT2D eigenvalue weighted by Gasteiger charge is 2.19. The van der Waals surface area contributed by atoms with E-state index in [1.54, 1.807) is 26.5 Å². The normalized spacial score (nSPS) is 13.9. The second kappa shape index (κ2) is 10.8. The molecular weight excluding hydrogens is 513 g/mol. The molecule has 1 amide bonds. The van der Waals surface area contributed by atoms with E-state index in [4.69, 9.17) is 32.7 Å². The molecule has 4 aromatic rings. The molecule has 0 spiro atoms. The van der Waals surface area contributed by atoms with Crippen molar-refractivity contribution in [1.82, 2.24) is 20.2 Å². The molecule has 37 heavy (non-hydrogen) atoms. The number of nitrogens with one attached hydrogen (secondary N) is 2. The van der Waals surface area contributed by atoms with Crippen LogP contribution in [0.5, 0.6) is 11.5 Å². The van der Waals surface area contributed by atoms with E-state index in [9.17, 15) is 4.79 Å². The van der Waals surface area contributed by atoms with E-state index in [1.807, 2.05) is 42.6 Å². The maximum atomic E-state index is 11.6. The average Bonchev–Trinajstić information content (AvgIpc) is 2.90. The van der Waals surface area contributed by atoms with Gasteiger partial charge in [-0.05, 0) is 34.7 Å². The summed E-state index contributed by atoms with van der Waals surface area (Å²) in [6, 6.07) is 13.5. The number of hydrogen-bond donors (Lipinski definition) is 2. The van der Waals surface area contributed by atoms with Crippen molar-refractivity contribution in [1.29, 1.82) is 0 Å². The Kier molecular flexibility index (Phi) is 7.32.